The van der Waals surface area contributed by atoms with E-state index in [0.29, 0.717) is 37.3 Å². The molecule has 0 spiro atoms. The summed E-state index contributed by atoms with van der Waals surface area (Å²) < 4.78 is 0. The van der Waals surface area contributed by atoms with Crippen molar-refractivity contribution in [2.75, 3.05) is 36.1 Å². The summed E-state index contributed by atoms with van der Waals surface area (Å²) in [7, 11) is 0. The standard InChI is InChI=1S/C27H42N4OS2/c1-26(2,3)19-11-17(24(22(30)15-19)33-9-7-28)13-21(32)14-18-12-20(27(4,5)6)16-23(31)25(18)34-10-8-29/h11-12,15-16H,7-10,13-14,28-31H2,1-6H3. The van der Waals surface area contributed by atoms with Gasteiger partial charge < -0.3 is 22.9 Å². The number of hydrogen-bond acceptors (Lipinski definition) is 7. The van der Waals surface area contributed by atoms with Crippen LogP contribution in [0.3, 0.4) is 0 Å². The number of rotatable bonds is 10. The Kier molecular flexibility index (Phi) is 9.95. The number of carbonyl (C=O) groups excluding carboxylic acids is 1. The third-order valence-electron chi connectivity index (χ3n) is 5.62. The van der Waals surface area contributed by atoms with Crippen LogP contribution in [0.4, 0.5) is 11.4 Å². The second-order valence-electron chi connectivity index (χ2n) is 10.8. The van der Waals surface area contributed by atoms with E-state index in [1.807, 2.05) is 12.1 Å². The van der Waals surface area contributed by atoms with E-state index in [1.54, 1.807) is 23.5 Å². The molecule has 188 valence electrons. The first-order valence-corrected chi connectivity index (χ1v) is 13.8. The summed E-state index contributed by atoms with van der Waals surface area (Å²) in [5, 5.41) is 0. The average Bonchev–Trinajstić information content (AvgIpc) is 2.71. The fourth-order valence-electron chi connectivity index (χ4n) is 3.72. The lowest BCUT2D eigenvalue weighted by molar-refractivity contribution is -0.117. The van der Waals surface area contributed by atoms with Gasteiger partial charge in [-0.25, -0.2) is 0 Å². The fraction of sp³-hybridized carbons (Fsp3) is 0.519. The maximum absolute atomic E-state index is 13.4. The van der Waals surface area contributed by atoms with E-state index in [9.17, 15) is 4.79 Å². The van der Waals surface area contributed by atoms with Gasteiger partial charge in [-0.1, -0.05) is 53.7 Å². The van der Waals surface area contributed by atoms with Crippen molar-refractivity contribution >= 4 is 40.7 Å². The number of benzene rings is 2. The number of hydrogen-bond donors (Lipinski definition) is 4. The molecule has 34 heavy (non-hydrogen) atoms. The van der Waals surface area contributed by atoms with Crippen molar-refractivity contribution in [2.24, 2.45) is 11.5 Å². The third-order valence-corrected chi connectivity index (χ3v) is 8.08. The van der Waals surface area contributed by atoms with Crippen LogP contribution in [0.1, 0.15) is 63.8 Å². The van der Waals surface area contributed by atoms with Gasteiger partial charge in [0.2, 0.25) is 0 Å². The molecule has 0 heterocycles. The van der Waals surface area contributed by atoms with Crippen molar-refractivity contribution in [3.05, 3.63) is 46.5 Å². The summed E-state index contributed by atoms with van der Waals surface area (Å²) in [4.78, 5) is 15.4. The Morgan fingerprint density at radius 3 is 1.35 bits per heavy atom. The van der Waals surface area contributed by atoms with Crippen molar-refractivity contribution in [3.8, 4) is 0 Å². The van der Waals surface area contributed by atoms with E-state index in [1.165, 1.54) is 0 Å². The van der Waals surface area contributed by atoms with Gasteiger partial charge in [0.25, 0.3) is 0 Å². The van der Waals surface area contributed by atoms with Crippen LogP contribution in [0.25, 0.3) is 0 Å². The molecule has 0 unspecified atom stereocenters. The molecule has 0 fully saturated rings. The highest BCUT2D eigenvalue weighted by Gasteiger charge is 2.22. The molecule has 0 saturated heterocycles. The lowest BCUT2D eigenvalue weighted by atomic mass is 9.84. The van der Waals surface area contributed by atoms with Crippen LogP contribution in [-0.2, 0) is 28.5 Å². The molecular formula is C27H42N4OS2. The van der Waals surface area contributed by atoms with Gasteiger partial charge in [-0.15, -0.1) is 23.5 Å². The summed E-state index contributed by atoms with van der Waals surface area (Å²) in [6, 6.07) is 8.33. The van der Waals surface area contributed by atoms with E-state index in [4.69, 9.17) is 22.9 Å². The third kappa shape index (κ3) is 7.67. The summed E-state index contributed by atoms with van der Waals surface area (Å²) in [6.45, 7) is 14.0. The second kappa shape index (κ2) is 11.8. The molecule has 2 aromatic carbocycles. The summed E-state index contributed by atoms with van der Waals surface area (Å²) in [6.07, 6.45) is 0.642. The molecule has 0 aliphatic heterocycles. The zero-order valence-corrected chi connectivity index (χ0v) is 23.2. The number of thioether (sulfide) groups is 2. The maximum atomic E-state index is 13.4. The molecule has 2 rings (SSSR count). The predicted octanol–water partition coefficient (Wildman–Crippen LogP) is 4.90. The molecule has 0 aliphatic rings. The number of nitrogens with two attached hydrogens (primary N) is 4. The lowest BCUT2D eigenvalue weighted by Gasteiger charge is -2.24. The first-order chi connectivity index (χ1) is 15.8. The topological polar surface area (TPSA) is 121 Å². The molecule has 0 aromatic heterocycles. The first kappa shape index (κ1) is 28.6. The number of nitrogen functional groups attached to an aromatic ring is 2. The Morgan fingerprint density at radius 1 is 0.706 bits per heavy atom. The molecule has 7 heteroatoms. The lowest BCUT2D eigenvalue weighted by Crippen LogP contribution is -2.17. The molecule has 0 saturated carbocycles. The Morgan fingerprint density at radius 2 is 1.06 bits per heavy atom. The number of ketones is 1. The van der Waals surface area contributed by atoms with Gasteiger partial charge in [0.15, 0.2) is 0 Å². The molecule has 0 amide bonds. The van der Waals surface area contributed by atoms with Crippen molar-refractivity contribution in [3.63, 3.8) is 0 Å². The summed E-state index contributed by atoms with van der Waals surface area (Å²) in [5.74, 6) is 1.65. The monoisotopic (exact) mass is 502 g/mol. The smallest absolute Gasteiger partial charge is 0.141 e. The first-order valence-electron chi connectivity index (χ1n) is 11.8. The highest BCUT2D eigenvalue weighted by molar-refractivity contribution is 7.99. The molecule has 0 bridgehead atoms. The number of carbonyl (C=O) groups is 1. The Labute approximate surface area is 214 Å². The van der Waals surface area contributed by atoms with Crippen LogP contribution >= 0.6 is 23.5 Å². The molecule has 8 N–H and O–H groups in total. The average molecular weight is 503 g/mol. The van der Waals surface area contributed by atoms with Gasteiger partial charge in [-0.2, -0.15) is 0 Å². The minimum Gasteiger partial charge on any atom is -0.398 e. The van der Waals surface area contributed by atoms with Gasteiger partial charge in [-0.05, 0) is 45.2 Å². The summed E-state index contributed by atoms with van der Waals surface area (Å²) >= 11 is 3.25. The largest absolute Gasteiger partial charge is 0.398 e. The van der Waals surface area contributed by atoms with Crippen LogP contribution in [0.5, 0.6) is 0 Å². The molecule has 0 atom stereocenters. The number of anilines is 2. The molecule has 0 radical (unpaired) electrons. The molecule has 0 aliphatic carbocycles. The highest BCUT2D eigenvalue weighted by Crippen LogP contribution is 2.37. The quantitative estimate of drug-likeness (QED) is 0.269. The van der Waals surface area contributed by atoms with E-state index in [0.717, 1.165) is 43.6 Å². The zero-order chi connectivity index (χ0) is 25.7. The van der Waals surface area contributed by atoms with Crippen molar-refractivity contribution in [2.45, 2.75) is 75.0 Å². The molecule has 2 aromatic rings. The fourth-order valence-corrected chi connectivity index (χ4v) is 5.44. The van der Waals surface area contributed by atoms with Gasteiger partial charge in [0.1, 0.15) is 5.78 Å². The Bertz CT molecular complexity index is 928. The number of Topliss-reactive ketones (excluding diaryl/α,β-unsaturated/α-hetero) is 1. The Hall–Kier alpha value is -1.67. The van der Waals surface area contributed by atoms with Gasteiger partial charge in [-0.3, -0.25) is 4.79 Å². The van der Waals surface area contributed by atoms with Crippen LogP contribution in [0.2, 0.25) is 0 Å². The summed E-state index contributed by atoms with van der Waals surface area (Å²) in [5.41, 5.74) is 29.9. The van der Waals surface area contributed by atoms with Crippen LogP contribution < -0.4 is 22.9 Å². The van der Waals surface area contributed by atoms with Gasteiger partial charge in [0.05, 0.1) is 0 Å². The molecule has 5 nitrogen and oxygen atoms in total. The van der Waals surface area contributed by atoms with E-state index >= 15 is 0 Å². The van der Waals surface area contributed by atoms with Gasteiger partial charge in [0, 0.05) is 58.6 Å². The Balaban J connectivity index is 2.44. The minimum absolute atomic E-state index is 0.0650. The highest BCUT2D eigenvalue weighted by atomic mass is 32.2. The van der Waals surface area contributed by atoms with E-state index in [-0.39, 0.29) is 16.6 Å². The van der Waals surface area contributed by atoms with E-state index in [2.05, 4.69) is 53.7 Å². The SMILES string of the molecule is CC(C)(C)c1cc(N)c(SCCN)c(CC(=O)Cc2cc(C(C)(C)C)cc(N)c2SCCN)c1. The molecular weight excluding hydrogens is 460 g/mol. The van der Waals surface area contributed by atoms with Crippen molar-refractivity contribution in [1.82, 2.24) is 0 Å². The van der Waals surface area contributed by atoms with Crippen LogP contribution in [0.15, 0.2) is 34.1 Å². The normalized spacial score (nSPS) is 12.2. The zero-order valence-electron chi connectivity index (χ0n) is 21.6. The van der Waals surface area contributed by atoms with Crippen LogP contribution in [0, 0.1) is 0 Å². The van der Waals surface area contributed by atoms with Crippen LogP contribution in [-0.4, -0.2) is 30.4 Å². The maximum Gasteiger partial charge on any atom is 0.141 e. The van der Waals surface area contributed by atoms with Crippen molar-refractivity contribution in [1.29, 1.82) is 0 Å². The minimum atomic E-state index is -0.0650. The second-order valence-corrected chi connectivity index (χ2v) is 13.0. The van der Waals surface area contributed by atoms with Crippen molar-refractivity contribution < 1.29 is 4.79 Å². The van der Waals surface area contributed by atoms with E-state index < -0.39 is 0 Å². The predicted molar refractivity (Wildman–Crippen MR) is 151 cm³/mol. The van der Waals surface area contributed by atoms with Gasteiger partial charge >= 0.3 is 0 Å².